The molecule has 0 spiro atoms. The van der Waals surface area contributed by atoms with E-state index in [0.717, 1.165) is 48.9 Å². The molecule has 0 aromatic heterocycles. The van der Waals surface area contributed by atoms with Crippen molar-refractivity contribution >= 4 is 5.97 Å². The molecular weight excluding hydrogens is 492 g/mol. The lowest BCUT2D eigenvalue weighted by molar-refractivity contribution is -0.922. The van der Waals surface area contributed by atoms with Crippen LogP contribution in [-0.4, -0.2) is 62.2 Å². The third-order valence-corrected chi connectivity index (χ3v) is 13.5. The van der Waals surface area contributed by atoms with Crippen molar-refractivity contribution in [2.45, 2.75) is 124 Å². The minimum Gasteiger partial charge on any atom is -0.544 e. The van der Waals surface area contributed by atoms with Crippen molar-refractivity contribution in [3.63, 3.8) is 0 Å². The summed E-state index contributed by atoms with van der Waals surface area (Å²) < 4.78 is 0.420. The van der Waals surface area contributed by atoms with Crippen LogP contribution in [0, 0.1) is 52.3 Å². The van der Waals surface area contributed by atoms with Gasteiger partial charge in [0.15, 0.2) is 0 Å². The van der Waals surface area contributed by atoms with Crippen molar-refractivity contribution in [1.82, 2.24) is 4.90 Å². The molecular formula is C36H64N2O2. The second-order valence-electron chi connectivity index (χ2n) is 16.9. The zero-order chi connectivity index (χ0) is 29.8. The Morgan fingerprint density at radius 1 is 1.07 bits per heavy atom. The first-order valence-corrected chi connectivity index (χ1v) is 17.0. The molecule has 0 aromatic carbocycles. The Balaban J connectivity index is 1.72. The third-order valence-electron chi connectivity index (χ3n) is 13.5. The van der Waals surface area contributed by atoms with Crippen LogP contribution >= 0.6 is 0 Å². The maximum atomic E-state index is 13.3. The average Bonchev–Trinajstić information content (AvgIpc) is 3.19. The lowest BCUT2D eigenvalue weighted by atomic mass is 9.42. The van der Waals surface area contributed by atoms with Crippen LogP contribution in [0.15, 0.2) is 11.6 Å². The van der Waals surface area contributed by atoms with Gasteiger partial charge in [0.05, 0.1) is 21.1 Å². The summed E-state index contributed by atoms with van der Waals surface area (Å²) in [6.07, 6.45) is 15.8. The minimum atomic E-state index is -0.907. The maximum absolute atomic E-state index is 13.3. The molecule has 0 radical (unpaired) electrons. The van der Waals surface area contributed by atoms with Crippen molar-refractivity contribution < 1.29 is 14.4 Å². The zero-order valence-corrected chi connectivity index (χ0v) is 28.2. The number of quaternary nitrogens is 1. The van der Waals surface area contributed by atoms with E-state index in [4.69, 9.17) is 0 Å². The lowest BCUT2D eigenvalue weighted by Crippen LogP contribution is -2.77. The number of rotatable bonds is 10. The Morgan fingerprint density at radius 2 is 1.75 bits per heavy atom. The molecule has 10 atom stereocenters. The molecule has 0 heterocycles. The van der Waals surface area contributed by atoms with Crippen LogP contribution in [-0.2, 0) is 4.79 Å². The fourth-order valence-electron chi connectivity index (χ4n) is 11.7. The van der Waals surface area contributed by atoms with Crippen LogP contribution in [0.5, 0.6) is 0 Å². The molecule has 4 heteroatoms. The van der Waals surface area contributed by atoms with Gasteiger partial charge >= 0.3 is 0 Å². The molecule has 0 bridgehead atoms. The number of fused-ring (bicyclic) bond motifs is 5. The second-order valence-corrected chi connectivity index (χ2v) is 16.9. The van der Waals surface area contributed by atoms with Gasteiger partial charge in [0.25, 0.3) is 0 Å². The summed E-state index contributed by atoms with van der Waals surface area (Å²) in [4.78, 5) is 15.7. The molecule has 40 heavy (non-hydrogen) atoms. The monoisotopic (exact) mass is 556 g/mol. The smallest absolute Gasteiger partial charge is 0.147 e. The van der Waals surface area contributed by atoms with Crippen molar-refractivity contribution in [3.05, 3.63) is 11.6 Å². The van der Waals surface area contributed by atoms with Crippen LogP contribution in [0.4, 0.5) is 0 Å². The number of hydrogen-bond acceptors (Lipinski definition) is 3. The molecule has 3 fully saturated rings. The van der Waals surface area contributed by atoms with Gasteiger partial charge in [-0.2, -0.15) is 0 Å². The van der Waals surface area contributed by atoms with E-state index in [-0.39, 0.29) is 17.4 Å². The van der Waals surface area contributed by atoms with Gasteiger partial charge in [-0.3, -0.25) is 0 Å². The van der Waals surface area contributed by atoms with E-state index in [1.54, 1.807) is 0 Å². The van der Waals surface area contributed by atoms with Gasteiger partial charge < -0.3 is 19.3 Å². The normalized spacial score (nSPS) is 42.3. The molecule has 0 amide bonds. The first kappa shape index (κ1) is 32.1. The average molecular weight is 557 g/mol. The van der Waals surface area contributed by atoms with Gasteiger partial charge in [-0.05, 0) is 93.5 Å². The molecule has 4 aliphatic carbocycles. The highest BCUT2D eigenvalue weighted by atomic mass is 16.4. The van der Waals surface area contributed by atoms with Crippen molar-refractivity contribution in [2.75, 3.05) is 35.2 Å². The summed E-state index contributed by atoms with van der Waals surface area (Å²) in [6, 6.07) is 0.201. The summed E-state index contributed by atoms with van der Waals surface area (Å²) in [5.41, 5.74) is 0.999. The van der Waals surface area contributed by atoms with Crippen molar-refractivity contribution in [1.29, 1.82) is 0 Å². The highest BCUT2D eigenvalue weighted by molar-refractivity contribution is 5.77. The minimum absolute atomic E-state index is 0.0165. The first-order valence-electron chi connectivity index (χ1n) is 17.0. The number of carboxylic acid groups (broad SMARTS) is 1. The Bertz CT molecular complexity index is 949. The molecule has 0 aromatic rings. The van der Waals surface area contributed by atoms with Gasteiger partial charge in [0.2, 0.25) is 0 Å². The van der Waals surface area contributed by atoms with E-state index in [1.165, 1.54) is 50.5 Å². The number of carbonyl (C=O) groups excluding carboxylic acids is 1. The van der Waals surface area contributed by atoms with E-state index >= 15 is 0 Å². The summed E-state index contributed by atoms with van der Waals surface area (Å²) in [5.74, 6) is 3.86. The van der Waals surface area contributed by atoms with Crippen molar-refractivity contribution in [3.8, 4) is 0 Å². The van der Waals surface area contributed by atoms with Gasteiger partial charge in [-0.1, -0.05) is 78.9 Å². The lowest BCUT2D eigenvalue weighted by Gasteiger charge is -2.67. The molecule has 4 aliphatic rings. The number of carboxylic acids is 1. The van der Waals surface area contributed by atoms with E-state index < -0.39 is 11.5 Å². The number of likely N-dealkylation sites (N-methyl/N-ethyl adjacent to an activating group) is 1. The summed E-state index contributed by atoms with van der Waals surface area (Å²) in [5, 5.41) is 13.3. The number of nitrogens with zero attached hydrogens (tertiary/aromatic N) is 2. The SMILES string of the molecule is CCCC1C(N(C)C)[C@@]2(C)C(=CC[C@H]3[C@@H]4CC[C@H]([C@H](C)CCCC(C)C)[C@@]4(C)CC[C@@H]32)CC1(C(=O)[O-])[N+](C)(C)C. The van der Waals surface area contributed by atoms with Crippen LogP contribution in [0.3, 0.4) is 0 Å². The second kappa shape index (κ2) is 11.3. The van der Waals surface area contributed by atoms with Crippen LogP contribution in [0.2, 0.25) is 0 Å². The topological polar surface area (TPSA) is 43.4 Å². The zero-order valence-electron chi connectivity index (χ0n) is 28.2. The fraction of sp³-hybridized carbons (Fsp3) is 0.917. The quantitative estimate of drug-likeness (QED) is 0.220. The maximum Gasteiger partial charge on any atom is 0.147 e. The highest BCUT2D eigenvalue weighted by Gasteiger charge is 2.68. The van der Waals surface area contributed by atoms with E-state index in [2.05, 4.69) is 87.8 Å². The summed E-state index contributed by atoms with van der Waals surface area (Å²) in [6.45, 7) is 14.7. The molecule has 3 unspecified atom stereocenters. The van der Waals surface area contributed by atoms with Gasteiger partial charge in [-0.15, -0.1) is 0 Å². The Hall–Kier alpha value is -0.870. The van der Waals surface area contributed by atoms with E-state index in [1.807, 2.05) is 0 Å². The van der Waals surface area contributed by atoms with Gasteiger partial charge in [-0.25, -0.2) is 0 Å². The molecule has 0 aliphatic heterocycles. The molecule has 4 nitrogen and oxygen atoms in total. The predicted molar refractivity (Wildman–Crippen MR) is 165 cm³/mol. The summed E-state index contributed by atoms with van der Waals surface area (Å²) >= 11 is 0. The van der Waals surface area contributed by atoms with Gasteiger partial charge in [0.1, 0.15) is 11.5 Å². The molecule has 0 N–H and O–H groups in total. The predicted octanol–water partition coefficient (Wildman–Crippen LogP) is 6.79. The number of allylic oxidation sites excluding steroid dienone is 1. The Kier molecular flexibility index (Phi) is 9.07. The number of hydrogen-bond donors (Lipinski definition) is 0. The van der Waals surface area contributed by atoms with E-state index in [0.29, 0.717) is 22.2 Å². The number of carbonyl (C=O) groups is 1. The third kappa shape index (κ3) is 4.83. The Labute approximate surface area is 247 Å². The van der Waals surface area contributed by atoms with Crippen LogP contribution < -0.4 is 5.11 Å². The van der Waals surface area contributed by atoms with Gasteiger partial charge in [0, 0.05) is 23.8 Å². The first-order chi connectivity index (χ1) is 18.6. The standard InChI is InChI=1S/C36H64N2O2/c1-12-14-31-32(37(7)8)35(6)26(23-36(31,33(39)40)38(9,10)11)17-18-27-29-20-19-28(25(4)16-13-15-24(2)3)34(29,5)22-21-30(27)35/h17,24-25,27-32H,12-16,18-23H2,1-11H3/t25-,27+,28-,29+,30+,31?,32?,34-,35+,36?/m1/s1. The van der Waals surface area contributed by atoms with Crippen molar-refractivity contribution in [2.24, 2.45) is 52.3 Å². The van der Waals surface area contributed by atoms with E-state index in [9.17, 15) is 9.90 Å². The molecule has 230 valence electrons. The highest BCUT2D eigenvalue weighted by Crippen LogP contribution is 2.69. The van der Waals surface area contributed by atoms with Crippen LogP contribution in [0.1, 0.15) is 112 Å². The number of aliphatic carboxylic acids is 1. The van der Waals surface area contributed by atoms with Crippen LogP contribution in [0.25, 0.3) is 0 Å². The largest absolute Gasteiger partial charge is 0.544 e. The molecule has 4 rings (SSSR count). The molecule has 3 saturated carbocycles. The summed E-state index contributed by atoms with van der Waals surface area (Å²) in [7, 11) is 10.7. The molecule has 0 saturated heterocycles. The fourth-order valence-corrected chi connectivity index (χ4v) is 11.7. The Morgan fingerprint density at radius 3 is 2.30 bits per heavy atom.